The summed E-state index contributed by atoms with van der Waals surface area (Å²) in [5.41, 5.74) is 1.06. The number of anilines is 2. The number of aromatic nitrogens is 2. The Morgan fingerprint density at radius 3 is 2.61 bits per heavy atom. The van der Waals surface area contributed by atoms with Crippen LogP contribution in [-0.2, 0) is 6.54 Å². The number of nitrogens with zero attached hydrogens (tertiary/aromatic N) is 2. The van der Waals surface area contributed by atoms with E-state index in [0.717, 1.165) is 28.0 Å². The van der Waals surface area contributed by atoms with Gasteiger partial charge in [0.05, 0.1) is 0 Å². The minimum Gasteiger partial charge on any atom is -0.367 e. The lowest BCUT2D eigenvalue weighted by atomic mass is 9.95. The molecule has 0 bridgehead atoms. The number of aryl methyl sites for hydroxylation is 1. The highest BCUT2D eigenvalue weighted by atomic mass is 35.5. The minimum atomic E-state index is 0.537. The van der Waals surface area contributed by atoms with E-state index in [1.54, 1.807) is 0 Å². The second-order valence-electron chi connectivity index (χ2n) is 6.11. The van der Waals surface area contributed by atoms with Gasteiger partial charge >= 0.3 is 0 Å². The van der Waals surface area contributed by atoms with Crippen molar-refractivity contribution >= 4 is 23.2 Å². The molecule has 0 saturated heterocycles. The summed E-state index contributed by atoms with van der Waals surface area (Å²) in [7, 11) is 0. The molecule has 0 aliphatic heterocycles. The summed E-state index contributed by atoms with van der Waals surface area (Å²) in [6, 6.07) is 10.4. The van der Waals surface area contributed by atoms with E-state index in [-0.39, 0.29) is 0 Å². The van der Waals surface area contributed by atoms with Crippen molar-refractivity contribution in [2.45, 2.75) is 51.6 Å². The third-order valence-electron chi connectivity index (χ3n) is 4.21. The minimum absolute atomic E-state index is 0.537. The van der Waals surface area contributed by atoms with Crippen LogP contribution in [0.2, 0.25) is 5.02 Å². The maximum Gasteiger partial charge on any atom is 0.132 e. The number of halogens is 1. The monoisotopic (exact) mass is 330 g/mol. The number of hydrogen-bond donors (Lipinski definition) is 2. The van der Waals surface area contributed by atoms with Crippen molar-refractivity contribution in [3.05, 3.63) is 46.7 Å². The number of benzene rings is 1. The Balaban J connectivity index is 1.66. The molecule has 1 aliphatic rings. The van der Waals surface area contributed by atoms with Gasteiger partial charge in [-0.3, -0.25) is 0 Å². The first-order valence-corrected chi connectivity index (χ1v) is 8.68. The summed E-state index contributed by atoms with van der Waals surface area (Å²) < 4.78 is 0. The highest BCUT2D eigenvalue weighted by Gasteiger charge is 2.14. The first kappa shape index (κ1) is 16.1. The van der Waals surface area contributed by atoms with Crippen LogP contribution in [0, 0.1) is 6.92 Å². The van der Waals surface area contributed by atoms with E-state index < -0.39 is 0 Å². The highest BCUT2D eigenvalue weighted by Crippen LogP contribution is 2.22. The summed E-state index contributed by atoms with van der Waals surface area (Å²) in [6.45, 7) is 2.58. The Kier molecular flexibility index (Phi) is 5.34. The third kappa shape index (κ3) is 4.58. The van der Waals surface area contributed by atoms with E-state index in [4.69, 9.17) is 11.6 Å². The Hall–Kier alpha value is -1.81. The van der Waals surface area contributed by atoms with Crippen LogP contribution in [-0.4, -0.2) is 16.0 Å². The van der Waals surface area contributed by atoms with Gasteiger partial charge in [-0.1, -0.05) is 49.1 Å². The molecule has 4 nitrogen and oxygen atoms in total. The fraction of sp³-hybridized carbons (Fsp3) is 0.444. The van der Waals surface area contributed by atoms with E-state index in [1.165, 1.54) is 32.1 Å². The standard InChI is InChI=1S/C18H23ClN4/c1-13-21-17(20-12-14-7-5-6-10-16(14)19)11-18(22-13)23-15-8-3-2-4-9-15/h5-7,10-11,15H,2-4,8-9,12H2,1H3,(H2,20,21,22,23). The molecule has 3 rings (SSSR count). The molecule has 5 heteroatoms. The van der Waals surface area contributed by atoms with Crippen molar-refractivity contribution in [3.8, 4) is 0 Å². The van der Waals surface area contributed by atoms with Crippen LogP contribution < -0.4 is 10.6 Å². The van der Waals surface area contributed by atoms with E-state index in [0.29, 0.717) is 12.6 Å². The third-order valence-corrected chi connectivity index (χ3v) is 4.58. The van der Waals surface area contributed by atoms with Crippen molar-refractivity contribution in [3.63, 3.8) is 0 Å². The molecule has 23 heavy (non-hydrogen) atoms. The van der Waals surface area contributed by atoms with Crippen LogP contribution in [0.5, 0.6) is 0 Å². The smallest absolute Gasteiger partial charge is 0.132 e. The van der Waals surface area contributed by atoms with Crippen molar-refractivity contribution in [2.24, 2.45) is 0 Å². The molecule has 1 aromatic carbocycles. The number of rotatable bonds is 5. The largest absolute Gasteiger partial charge is 0.367 e. The average molecular weight is 331 g/mol. The van der Waals surface area contributed by atoms with Crippen LogP contribution in [0.15, 0.2) is 30.3 Å². The molecule has 1 aromatic heterocycles. The lowest BCUT2D eigenvalue weighted by Gasteiger charge is -2.23. The highest BCUT2D eigenvalue weighted by molar-refractivity contribution is 6.31. The molecular formula is C18H23ClN4. The van der Waals surface area contributed by atoms with Crippen molar-refractivity contribution < 1.29 is 0 Å². The van der Waals surface area contributed by atoms with Crippen molar-refractivity contribution in [1.82, 2.24) is 9.97 Å². The molecule has 1 heterocycles. The lowest BCUT2D eigenvalue weighted by molar-refractivity contribution is 0.462. The van der Waals surface area contributed by atoms with E-state index >= 15 is 0 Å². The maximum absolute atomic E-state index is 6.20. The van der Waals surface area contributed by atoms with Gasteiger partial charge in [0.15, 0.2) is 0 Å². The molecule has 1 aliphatic carbocycles. The summed E-state index contributed by atoms with van der Waals surface area (Å²) >= 11 is 6.20. The molecule has 0 spiro atoms. The Bertz CT molecular complexity index is 653. The van der Waals surface area contributed by atoms with Gasteiger partial charge < -0.3 is 10.6 Å². The molecule has 0 unspecified atom stereocenters. The van der Waals surface area contributed by atoms with Gasteiger partial charge in [-0.2, -0.15) is 0 Å². The summed E-state index contributed by atoms with van der Waals surface area (Å²) in [6.07, 6.45) is 6.42. The summed E-state index contributed by atoms with van der Waals surface area (Å²) in [5.74, 6) is 2.51. The van der Waals surface area contributed by atoms with Crippen molar-refractivity contribution in [2.75, 3.05) is 10.6 Å². The van der Waals surface area contributed by atoms with Crippen LogP contribution in [0.3, 0.4) is 0 Å². The van der Waals surface area contributed by atoms with Crippen LogP contribution in [0.4, 0.5) is 11.6 Å². The van der Waals surface area contributed by atoms with Gasteiger partial charge in [-0.25, -0.2) is 9.97 Å². The lowest BCUT2D eigenvalue weighted by Crippen LogP contribution is -2.23. The van der Waals surface area contributed by atoms with Gasteiger partial charge in [0.2, 0.25) is 0 Å². The second-order valence-corrected chi connectivity index (χ2v) is 6.52. The fourth-order valence-corrected chi connectivity index (χ4v) is 3.22. The Morgan fingerprint density at radius 1 is 1.09 bits per heavy atom. The molecule has 1 saturated carbocycles. The number of hydrogen-bond acceptors (Lipinski definition) is 4. The second kappa shape index (κ2) is 7.64. The molecular weight excluding hydrogens is 308 g/mol. The molecule has 1 fully saturated rings. The van der Waals surface area contributed by atoms with E-state index in [9.17, 15) is 0 Å². The molecule has 2 aromatic rings. The van der Waals surface area contributed by atoms with Crippen LogP contribution in [0.25, 0.3) is 0 Å². The zero-order valence-electron chi connectivity index (χ0n) is 13.5. The quantitative estimate of drug-likeness (QED) is 0.827. The molecule has 0 radical (unpaired) electrons. The predicted molar refractivity (Wildman–Crippen MR) is 96.0 cm³/mol. The zero-order chi connectivity index (χ0) is 16.1. The van der Waals surface area contributed by atoms with Gasteiger partial charge in [0, 0.05) is 23.7 Å². The van der Waals surface area contributed by atoms with Gasteiger partial charge in [0.25, 0.3) is 0 Å². The van der Waals surface area contributed by atoms with E-state index in [2.05, 4.69) is 20.6 Å². The molecule has 122 valence electrons. The van der Waals surface area contributed by atoms with Gasteiger partial charge in [-0.05, 0) is 31.4 Å². The number of nitrogens with one attached hydrogen (secondary N) is 2. The fourth-order valence-electron chi connectivity index (χ4n) is 3.02. The average Bonchev–Trinajstić information content (AvgIpc) is 2.54. The summed E-state index contributed by atoms with van der Waals surface area (Å²) in [4.78, 5) is 8.98. The first-order valence-electron chi connectivity index (χ1n) is 8.30. The van der Waals surface area contributed by atoms with Gasteiger partial charge in [0.1, 0.15) is 17.5 Å². The first-order chi connectivity index (χ1) is 11.2. The predicted octanol–water partition coefficient (Wildman–Crippen LogP) is 4.80. The SMILES string of the molecule is Cc1nc(NCc2ccccc2Cl)cc(NC2CCCCC2)n1. The molecule has 2 N–H and O–H groups in total. The van der Waals surface area contributed by atoms with Crippen molar-refractivity contribution in [1.29, 1.82) is 0 Å². The maximum atomic E-state index is 6.20. The summed E-state index contributed by atoms with van der Waals surface area (Å²) in [5, 5.41) is 7.67. The van der Waals surface area contributed by atoms with E-state index in [1.807, 2.05) is 37.3 Å². The Labute approximate surface area is 142 Å². The van der Waals surface area contributed by atoms with Crippen LogP contribution >= 0.6 is 11.6 Å². The van der Waals surface area contributed by atoms with Crippen LogP contribution in [0.1, 0.15) is 43.5 Å². The zero-order valence-corrected chi connectivity index (χ0v) is 14.2. The topological polar surface area (TPSA) is 49.8 Å². The Morgan fingerprint density at radius 2 is 1.83 bits per heavy atom. The molecule has 0 amide bonds. The normalized spacial score (nSPS) is 15.4. The molecule has 0 atom stereocenters. The van der Waals surface area contributed by atoms with Gasteiger partial charge in [-0.15, -0.1) is 0 Å².